The summed E-state index contributed by atoms with van der Waals surface area (Å²) in [6.07, 6.45) is 1.42. The van der Waals surface area contributed by atoms with Crippen LogP contribution in [0.3, 0.4) is 0 Å². The lowest BCUT2D eigenvalue weighted by Crippen LogP contribution is -2.30. The minimum atomic E-state index is -0.708. The number of nitrogens with zero attached hydrogens (tertiary/aromatic N) is 1. The predicted molar refractivity (Wildman–Crippen MR) is 180 cm³/mol. The summed E-state index contributed by atoms with van der Waals surface area (Å²) in [6, 6.07) is 35.7. The van der Waals surface area contributed by atoms with Crippen molar-refractivity contribution in [1.82, 2.24) is 5.32 Å². The average Bonchev–Trinajstić information content (AvgIpc) is 3.09. The largest absolute Gasteiger partial charge is 0.322 e. The molecular formula is C36H27FN4O5S. The third-order valence-corrected chi connectivity index (χ3v) is 8.05. The smallest absolute Gasteiger partial charge is 0.272 e. The molecule has 0 saturated carbocycles. The maximum absolute atomic E-state index is 14.3. The number of para-hydroxylation sites is 1. The molecule has 0 saturated heterocycles. The van der Waals surface area contributed by atoms with Crippen molar-refractivity contribution in [2.45, 2.75) is 10.1 Å². The maximum Gasteiger partial charge on any atom is 0.272 e. The Morgan fingerprint density at radius 1 is 0.745 bits per heavy atom. The molecule has 5 aromatic rings. The number of hydrogen-bond donors (Lipinski definition) is 3. The Morgan fingerprint density at radius 3 is 2.00 bits per heavy atom. The summed E-state index contributed by atoms with van der Waals surface area (Å²) in [6.45, 7) is 0. The monoisotopic (exact) mass is 646 g/mol. The number of nitrogens with one attached hydrogen (secondary N) is 3. The molecule has 0 aliphatic heterocycles. The van der Waals surface area contributed by atoms with Crippen molar-refractivity contribution < 1.29 is 23.7 Å². The first-order valence-corrected chi connectivity index (χ1v) is 15.2. The number of carbonyl (C=O) groups is 3. The molecule has 1 atom stereocenters. The van der Waals surface area contributed by atoms with E-state index >= 15 is 0 Å². The van der Waals surface area contributed by atoms with Crippen LogP contribution in [0.1, 0.15) is 26.7 Å². The fourth-order valence-electron chi connectivity index (χ4n) is 4.41. The molecule has 3 N–H and O–H groups in total. The van der Waals surface area contributed by atoms with Gasteiger partial charge in [0.15, 0.2) is 0 Å². The number of nitro benzene ring substituents is 1. The molecule has 0 bridgehead atoms. The third kappa shape index (κ3) is 8.77. The zero-order valence-corrected chi connectivity index (χ0v) is 25.4. The fourth-order valence-corrected chi connectivity index (χ4v) is 5.44. The molecule has 0 heterocycles. The summed E-state index contributed by atoms with van der Waals surface area (Å²) in [5, 5.41) is 18.4. The number of non-ortho nitro benzene ring substituents is 1. The summed E-state index contributed by atoms with van der Waals surface area (Å²) in [7, 11) is 0. The summed E-state index contributed by atoms with van der Waals surface area (Å²) >= 11 is 1.26. The molecular weight excluding hydrogens is 619 g/mol. The van der Waals surface area contributed by atoms with Gasteiger partial charge in [0.25, 0.3) is 17.5 Å². The summed E-state index contributed by atoms with van der Waals surface area (Å²) < 4.78 is 14.3. The second-order valence-corrected chi connectivity index (χ2v) is 11.3. The molecule has 5 aromatic carbocycles. The number of nitro groups is 1. The number of hydrogen-bond acceptors (Lipinski definition) is 6. The van der Waals surface area contributed by atoms with Gasteiger partial charge in [0, 0.05) is 28.3 Å². The normalized spacial score (nSPS) is 11.6. The summed E-state index contributed by atoms with van der Waals surface area (Å²) in [5.74, 6) is -2.08. The van der Waals surface area contributed by atoms with Crippen LogP contribution in [0.2, 0.25) is 0 Å². The van der Waals surface area contributed by atoms with Gasteiger partial charge in [-0.2, -0.15) is 0 Å². The lowest BCUT2D eigenvalue weighted by Gasteiger charge is -2.18. The van der Waals surface area contributed by atoms with Crippen LogP contribution in [0.5, 0.6) is 0 Å². The van der Waals surface area contributed by atoms with Gasteiger partial charge in [0.1, 0.15) is 16.8 Å². The van der Waals surface area contributed by atoms with Gasteiger partial charge in [-0.25, -0.2) is 4.39 Å². The Labute approximate surface area is 273 Å². The standard InChI is InChI=1S/C36H27FN4O5S/c37-30-13-7-8-14-31(30)39-36(44)33(25-9-3-1-4-10-25)47-29-21-17-27(18-22-29)38-35(43)32(40-34(42)26-11-5-2-6-12-26)23-24-15-19-28(20-16-24)41(45)46/h1-23,33H,(H,38,43)(H,39,44)(H,40,42)/b32-23-. The molecule has 0 radical (unpaired) electrons. The molecule has 0 aliphatic carbocycles. The first-order chi connectivity index (χ1) is 22.8. The maximum atomic E-state index is 14.3. The number of thioether (sulfide) groups is 1. The molecule has 0 fully saturated rings. The molecule has 0 spiro atoms. The quantitative estimate of drug-likeness (QED) is 0.0586. The van der Waals surface area contributed by atoms with Crippen molar-refractivity contribution >= 4 is 52.6 Å². The highest BCUT2D eigenvalue weighted by Crippen LogP contribution is 2.37. The molecule has 234 valence electrons. The van der Waals surface area contributed by atoms with Crippen LogP contribution in [-0.4, -0.2) is 22.6 Å². The van der Waals surface area contributed by atoms with E-state index in [1.807, 2.05) is 30.3 Å². The highest BCUT2D eigenvalue weighted by Gasteiger charge is 2.23. The highest BCUT2D eigenvalue weighted by atomic mass is 32.2. The predicted octanol–water partition coefficient (Wildman–Crippen LogP) is 7.62. The second-order valence-electron chi connectivity index (χ2n) is 10.1. The number of carbonyl (C=O) groups excluding carboxylic acids is 3. The van der Waals surface area contributed by atoms with Gasteiger partial charge in [-0.15, -0.1) is 11.8 Å². The van der Waals surface area contributed by atoms with Crippen molar-refractivity contribution in [3.05, 3.63) is 172 Å². The third-order valence-electron chi connectivity index (χ3n) is 6.78. The van der Waals surface area contributed by atoms with Gasteiger partial charge in [-0.1, -0.05) is 60.7 Å². The van der Waals surface area contributed by atoms with Crippen LogP contribution in [0.15, 0.2) is 144 Å². The Balaban J connectivity index is 1.34. The van der Waals surface area contributed by atoms with E-state index in [-0.39, 0.29) is 17.1 Å². The second kappa shape index (κ2) is 15.3. The summed E-state index contributed by atoms with van der Waals surface area (Å²) in [5.41, 5.74) is 1.81. The van der Waals surface area contributed by atoms with Crippen molar-refractivity contribution in [3.63, 3.8) is 0 Å². The van der Waals surface area contributed by atoms with E-state index in [1.165, 1.54) is 54.2 Å². The molecule has 0 aliphatic rings. The van der Waals surface area contributed by atoms with Gasteiger partial charge >= 0.3 is 0 Å². The molecule has 9 nitrogen and oxygen atoms in total. The van der Waals surface area contributed by atoms with E-state index in [0.717, 1.165) is 5.56 Å². The van der Waals surface area contributed by atoms with Gasteiger partial charge in [-0.3, -0.25) is 24.5 Å². The van der Waals surface area contributed by atoms with Crippen LogP contribution in [-0.2, 0) is 9.59 Å². The topological polar surface area (TPSA) is 130 Å². The SMILES string of the molecule is O=C(Nc1ccc(SC(C(=O)Nc2ccccc2F)c2ccccc2)cc1)/C(=C/c1ccc([N+](=O)[O-])cc1)NC(=O)c1ccccc1. The van der Waals surface area contributed by atoms with Crippen LogP contribution in [0.4, 0.5) is 21.5 Å². The Morgan fingerprint density at radius 2 is 1.36 bits per heavy atom. The summed E-state index contributed by atoms with van der Waals surface area (Å²) in [4.78, 5) is 50.9. The van der Waals surface area contributed by atoms with Crippen molar-refractivity contribution in [2.75, 3.05) is 10.6 Å². The highest BCUT2D eigenvalue weighted by molar-refractivity contribution is 8.00. The fraction of sp³-hybridized carbons (Fsp3) is 0.0278. The zero-order chi connectivity index (χ0) is 33.2. The Hall–Kier alpha value is -6.07. The molecule has 1 unspecified atom stereocenters. The van der Waals surface area contributed by atoms with Gasteiger partial charge in [0.05, 0.1) is 10.6 Å². The molecule has 0 aromatic heterocycles. The van der Waals surface area contributed by atoms with E-state index in [1.54, 1.807) is 66.7 Å². The minimum Gasteiger partial charge on any atom is -0.322 e. The minimum absolute atomic E-state index is 0.0778. The average molecular weight is 647 g/mol. The van der Waals surface area contributed by atoms with Gasteiger partial charge in [0.2, 0.25) is 5.91 Å². The molecule has 11 heteroatoms. The van der Waals surface area contributed by atoms with E-state index < -0.39 is 33.7 Å². The van der Waals surface area contributed by atoms with Crippen molar-refractivity contribution in [2.24, 2.45) is 0 Å². The van der Waals surface area contributed by atoms with Crippen molar-refractivity contribution in [3.8, 4) is 0 Å². The van der Waals surface area contributed by atoms with Gasteiger partial charge < -0.3 is 16.0 Å². The van der Waals surface area contributed by atoms with E-state index in [4.69, 9.17) is 0 Å². The molecule has 3 amide bonds. The number of amides is 3. The number of halogens is 1. The van der Waals surface area contributed by atoms with Crippen LogP contribution in [0.25, 0.3) is 6.08 Å². The lowest BCUT2D eigenvalue weighted by molar-refractivity contribution is -0.384. The number of rotatable bonds is 11. The van der Waals surface area contributed by atoms with E-state index in [9.17, 15) is 28.9 Å². The van der Waals surface area contributed by atoms with E-state index in [0.29, 0.717) is 21.7 Å². The van der Waals surface area contributed by atoms with Crippen LogP contribution < -0.4 is 16.0 Å². The van der Waals surface area contributed by atoms with Gasteiger partial charge in [-0.05, 0) is 77.9 Å². The molecule has 5 rings (SSSR count). The number of benzene rings is 5. The number of anilines is 2. The first-order valence-electron chi connectivity index (χ1n) is 14.3. The lowest BCUT2D eigenvalue weighted by atomic mass is 10.1. The van der Waals surface area contributed by atoms with Crippen molar-refractivity contribution in [1.29, 1.82) is 0 Å². The molecule has 47 heavy (non-hydrogen) atoms. The Bertz CT molecular complexity index is 1920. The Kier molecular flexibility index (Phi) is 10.5. The zero-order valence-electron chi connectivity index (χ0n) is 24.6. The van der Waals surface area contributed by atoms with Crippen LogP contribution in [0, 0.1) is 15.9 Å². The van der Waals surface area contributed by atoms with E-state index in [2.05, 4.69) is 16.0 Å². The van der Waals surface area contributed by atoms with Crippen LogP contribution >= 0.6 is 11.8 Å². The first kappa shape index (κ1) is 32.3.